The van der Waals surface area contributed by atoms with Crippen molar-refractivity contribution in [3.8, 4) is 11.5 Å². The minimum Gasteiger partial charge on any atom is -0.454 e. The first kappa shape index (κ1) is 13.4. The SMILES string of the molecule is O=C1CCC(C(=O)N2CCC(c3ccc4c(c3)OCO4)C2)N1. The Bertz CT molecular complexity index is 631. The van der Waals surface area contributed by atoms with Gasteiger partial charge in [-0.05, 0) is 30.5 Å². The fourth-order valence-electron chi connectivity index (χ4n) is 3.42. The second kappa shape index (κ2) is 5.19. The Labute approximate surface area is 128 Å². The van der Waals surface area contributed by atoms with Crippen LogP contribution in [0.25, 0.3) is 0 Å². The molecule has 3 aliphatic rings. The van der Waals surface area contributed by atoms with Crippen LogP contribution < -0.4 is 14.8 Å². The maximum atomic E-state index is 12.4. The largest absolute Gasteiger partial charge is 0.454 e. The van der Waals surface area contributed by atoms with Gasteiger partial charge in [0, 0.05) is 25.4 Å². The molecule has 3 aliphatic heterocycles. The Kier molecular flexibility index (Phi) is 3.17. The molecule has 1 N–H and O–H groups in total. The molecule has 2 atom stereocenters. The molecule has 2 saturated heterocycles. The van der Waals surface area contributed by atoms with E-state index >= 15 is 0 Å². The number of ether oxygens (including phenoxy) is 2. The van der Waals surface area contributed by atoms with Crippen LogP contribution in [0.3, 0.4) is 0 Å². The number of benzene rings is 1. The van der Waals surface area contributed by atoms with Crippen LogP contribution in [0.5, 0.6) is 11.5 Å². The molecule has 0 spiro atoms. The lowest BCUT2D eigenvalue weighted by Gasteiger charge is -2.20. The quantitative estimate of drug-likeness (QED) is 0.885. The van der Waals surface area contributed by atoms with Gasteiger partial charge in [-0.15, -0.1) is 0 Å². The van der Waals surface area contributed by atoms with Gasteiger partial charge in [-0.1, -0.05) is 6.07 Å². The maximum absolute atomic E-state index is 12.4. The summed E-state index contributed by atoms with van der Waals surface area (Å²) >= 11 is 0. The van der Waals surface area contributed by atoms with Crippen LogP contribution in [0.4, 0.5) is 0 Å². The van der Waals surface area contributed by atoms with Gasteiger partial charge in [0.05, 0.1) is 0 Å². The predicted octanol–water partition coefficient (Wildman–Crippen LogP) is 1.01. The molecule has 116 valence electrons. The molecule has 0 aromatic heterocycles. The molecule has 0 saturated carbocycles. The zero-order chi connectivity index (χ0) is 15.1. The molecule has 2 fully saturated rings. The highest BCUT2D eigenvalue weighted by Gasteiger charge is 2.35. The molecule has 4 rings (SSSR count). The van der Waals surface area contributed by atoms with Crippen molar-refractivity contribution in [2.45, 2.75) is 31.2 Å². The van der Waals surface area contributed by atoms with E-state index in [9.17, 15) is 9.59 Å². The number of likely N-dealkylation sites (tertiary alicyclic amines) is 1. The third-order valence-corrected chi connectivity index (χ3v) is 4.66. The number of hydrogen-bond donors (Lipinski definition) is 1. The lowest BCUT2D eigenvalue weighted by atomic mass is 9.98. The number of hydrogen-bond acceptors (Lipinski definition) is 4. The standard InChI is InChI=1S/C16H18N2O4/c19-15-4-2-12(17-15)16(20)18-6-5-11(8-18)10-1-3-13-14(7-10)22-9-21-13/h1,3,7,11-12H,2,4-6,8-9H2,(H,17,19). The zero-order valence-corrected chi connectivity index (χ0v) is 12.2. The Morgan fingerprint density at radius 1 is 1.23 bits per heavy atom. The van der Waals surface area contributed by atoms with Crippen LogP contribution in [0.2, 0.25) is 0 Å². The Hall–Kier alpha value is -2.24. The van der Waals surface area contributed by atoms with E-state index < -0.39 is 0 Å². The minimum absolute atomic E-state index is 0.0233. The van der Waals surface area contributed by atoms with Gasteiger partial charge < -0.3 is 19.7 Å². The van der Waals surface area contributed by atoms with Crippen molar-refractivity contribution in [1.29, 1.82) is 0 Å². The van der Waals surface area contributed by atoms with Gasteiger partial charge in [0.15, 0.2) is 11.5 Å². The van der Waals surface area contributed by atoms with Crippen LogP contribution in [0.15, 0.2) is 18.2 Å². The highest BCUT2D eigenvalue weighted by Crippen LogP contribution is 2.37. The average molecular weight is 302 g/mol. The fourth-order valence-corrected chi connectivity index (χ4v) is 3.42. The normalized spacial score (nSPS) is 26.4. The Morgan fingerprint density at radius 3 is 2.91 bits per heavy atom. The van der Waals surface area contributed by atoms with Crippen LogP contribution in [-0.2, 0) is 9.59 Å². The Morgan fingerprint density at radius 2 is 2.09 bits per heavy atom. The average Bonchev–Trinajstić information content (AvgIpc) is 3.25. The Balaban J connectivity index is 1.44. The van der Waals surface area contributed by atoms with E-state index in [1.807, 2.05) is 23.1 Å². The van der Waals surface area contributed by atoms with Gasteiger partial charge in [-0.2, -0.15) is 0 Å². The van der Waals surface area contributed by atoms with E-state index in [0.717, 1.165) is 24.5 Å². The zero-order valence-electron chi connectivity index (χ0n) is 12.2. The summed E-state index contributed by atoms with van der Waals surface area (Å²) in [5, 5.41) is 2.75. The molecular weight excluding hydrogens is 284 g/mol. The summed E-state index contributed by atoms with van der Waals surface area (Å²) in [5.41, 5.74) is 1.18. The van der Waals surface area contributed by atoms with E-state index in [4.69, 9.17) is 9.47 Å². The second-order valence-electron chi connectivity index (χ2n) is 6.04. The smallest absolute Gasteiger partial charge is 0.245 e. The minimum atomic E-state index is -0.331. The molecule has 0 aliphatic carbocycles. The van der Waals surface area contributed by atoms with Crippen molar-refractivity contribution in [2.75, 3.05) is 19.9 Å². The summed E-state index contributed by atoms with van der Waals surface area (Å²) < 4.78 is 10.7. The maximum Gasteiger partial charge on any atom is 0.245 e. The summed E-state index contributed by atoms with van der Waals surface area (Å²) in [6, 6.07) is 5.66. The summed E-state index contributed by atoms with van der Waals surface area (Å²) in [6.45, 7) is 1.71. The molecule has 1 aromatic carbocycles. The highest BCUT2D eigenvalue weighted by atomic mass is 16.7. The monoisotopic (exact) mass is 302 g/mol. The van der Waals surface area contributed by atoms with Crippen molar-refractivity contribution >= 4 is 11.8 Å². The highest BCUT2D eigenvalue weighted by molar-refractivity contribution is 5.91. The van der Waals surface area contributed by atoms with Crippen LogP contribution in [0.1, 0.15) is 30.7 Å². The van der Waals surface area contributed by atoms with Crippen LogP contribution in [-0.4, -0.2) is 42.6 Å². The number of carbonyl (C=O) groups excluding carboxylic acids is 2. The van der Waals surface area contributed by atoms with Crippen molar-refractivity contribution in [2.24, 2.45) is 0 Å². The van der Waals surface area contributed by atoms with E-state index in [-0.39, 0.29) is 24.6 Å². The number of rotatable bonds is 2. The van der Waals surface area contributed by atoms with E-state index in [1.165, 1.54) is 5.56 Å². The number of carbonyl (C=O) groups is 2. The first-order chi connectivity index (χ1) is 10.7. The predicted molar refractivity (Wildman–Crippen MR) is 77.7 cm³/mol. The summed E-state index contributed by atoms with van der Waals surface area (Å²) in [6.07, 6.45) is 2.00. The van der Waals surface area contributed by atoms with Crippen molar-refractivity contribution in [1.82, 2.24) is 10.2 Å². The van der Waals surface area contributed by atoms with Crippen LogP contribution >= 0.6 is 0 Å². The molecule has 0 bridgehead atoms. The molecule has 6 nitrogen and oxygen atoms in total. The van der Waals surface area contributed by atoms with Crippen LogP contribution in [0, 0.1) is 0 Å². The molecule has 0 radical (unpaired) electrons. The first-order valence-electron chi connectivity index (χ1n) is 7.68. The van der Waals surface area contributed by atoms with Crippen molar-refractivity contribution in [3.63, 3.8) is 0 Å². The topological polar surface area (TPSA) is 67.9 Å². The summed E-state index contributed by atoms with van der Waals surface area (Å²) in [4.78, 5) is 25.5. The number of nitrogens with one attached hydrogen (secondary N) is 1. The van der Waals surface area contributed by atoms with Gasteiger partial charge in [0.25, 0.3) is 0 Å². The number of nitrogens with zero attached hydrogens (tertiary/aromatic N) is 1. The first-order valence-corrected chi connectivity index (χ1v) is 7.68. The summed E-state index contributed by atoms with van der Waals surface area (Å²) in [7, 11) is 0. The molecule has 6 heteroatoms. The number of fused-ring (bicyclic) bond motifs is 1. The van der Waals surface area contributed by atoms with Gasteiger partial charge in [-0.3, -0.25) is 9.59 Å². The van der Waals surface area contributed by atoms with E-state index in [1.54, 1.807) is 0 Å². The van der Waals surface area contributed by atoms with Crippen molar-refractivity contribution < 1.29 is 19.1 Å². The third-order valence-electron chi connectivity index (χ3n) is 4.66. The second-order valence-corrected chi connectivity index (χ2v) is 6.04. The van der Waals surface area contributed by atoms with Gasteiger partial charge in [0.2, 0.25) is 18.6 Å². The lowest BCUT2D eigenvalue weighted by Crippen LogP contribution is -2.43. The molecule has 1 aromatic rings. The summed E-state index contributed by atoms with van der Waals surface area (Å²) in [5.74, 6) is 1.91. The van der Waals surface area contributed by atoms with Crippen molar-refractivity contribution in [3.05, 3.63) is 23.8 Å². The lowest BCUT2D eigenvalue weighted by molar-refractivity contribution is -0.133. The number of amides is 2. The van der Waals surface area contributed by atoms with E-state index in [2.05, 4.69) is 5.32 Å². The van der Waals surface area contributed by atoms with Gasteiger partial charge >= 0.3 is 0 Å². The van der Waals surface area contributed by atoms with Gasteiger partial charge in [0.1, 0.15) is 6.04 Å². The van der Waals surface area contributed by atoms with Gasteiger partial charge in [-0.25, -0.2) is 0 Å². The molecule has 2 unspecified atom stereocenters. The molecule has 22 heavy (non-hydrogen) atoms. The van der Waals surface area contributed by atoms with E-state index in [0.29, 0.717) is 25.3 Å². The molecular formula is C16H18N2O4. The molecule has 3 heterocycles. The fraction of sp³-hybridized carbons (Fsp3) is 0.500. The third kappa shape index (κ3) is 2.28. The molecule has 2 amide bonds.